The van der Waals surface area contributed by atoms with Gasteiger partial charge in [-0.15, -0.1) is 11.3 Å². The van der Waals surface area contributed by atoms with E-state index in [1.54, 1.807) is 68.0 Å². The molecule has 32 heteroatoms. The van der Waals surface area contributed by atoms with Crippen LogP contribution in [0.4, 0.5) is 5.69 Å². The number of methoxy groups -OCH3 is 1. The number of fused-ring (bicyclic) bond motifs is 1. The number of hydrogen-bond donors (Lipinski definition) is 8. The molecule has 0 fully saturated rings. The molecule has 5 aromatic carbocycles. The molecule has 12 aromatic rings. The Balaban J connectivity index is 0.000000322. The third-order valence-corrected chi connectivity index (χ3v) is 22.2. The topological polar surface area (TPSA) is 481 Å². The van der Waals surface area contributed by atoms with Gasteiger partial charge in [0.2, 0.25) is 37.8 Å². The van der Waals surface area contributed by atoms with Crippen LogP contribution >= 0.6 is 11.3 Å². The first-order chi connectivity index (χ1) is 63.9. The number of aryl methyl sites for hydroxylation is 2. The number of anilines is 1. The van der Waals surface area contributed by atoms with Gasteiger partial charge in [0.25, 0.3) is 11.8 Å². The second-order valence-corrected chi connectivity index (χ2v) is 43.5. The number of sulfonamides is 2. The summed E-state index contributed by atoms with van der Waals surface area (Å²) < 4.78 is 87.0. The summed E-state index contributed by atoms with van der Waals surface area (Å²) in [6, 6.07) is 40.7. The van der Waals surface area contributed by atoms with Crippen LogP contribution < -0.4 is 42.3 Å². The number of hydrogen-bond acceptors (Lipinski definition) is 24. The lowest BCUT2D eigenvalue weighted by Crippen LogP contribution is -2.21. The first-order valence-corrected chi connectivity index (χ1v) is 50.3. The minimum absolute atomic E-state index is 0.0472. The monoisotopic (exact) mass is 1950 g/mol. The summed E-state index contributed by atoms with van der Waals surface area (Å²) in [6.07, 6.45) is 9.42. The maximum absolute atomic E-state index is 11.4. The second-order valence-electron chi connectivity index (χ2n) is 39.4. The van der Waals surface area contributed by atoms with Gasteiger partial charge in [0.1, 0.15) is 58.7 Å². The molecule has 0 aliphatic carbocycles. The minimum atomic E-state index is -3.64. The zero-order valence-electron chi connectivity index (χ0n) is 85.3. The fourth-order valence-electron chi connectivity index (χ4n) is 13.4. The van der Waals surface area contributed by atoms with Gasteiger partial charge >= 0.3 is 0 Å². The Bertz CT molecular complexity index is 5850. The highest BCUT2D eigenvalue weighted by molar-refractivity contribution is 7.89. The number of aromatic nitrogens is 5. The first kappa shape index (κ1) is 118. The zero-order chi connectivity index (χ0) is 103. The van der Waals surface area contributed by atoms with E-state index in [9.17, 15) is 36.0 Å². The van der Waals surface area contributed by atoms with Crippen LogP contribution in [0, 0.1) is 67.1 Å². The Labute approximate surface area is 815 Å². The smallest absolute Gasteiger partial charge is 0.267 e. The molecule has 0 aliphatic rings. The van der Waals surface area contributed by atoms with Gasteiger partial charge in [0, 0.05) is 71.8 Å². The van der Waals surface area contributed by atoms with Gasteiger partial charge in [-0.25, -0.2) is 37.1 Å². The molecular formula is C105H151N11O18S3. The third-order valence-electron chi connectivity index (χ3n) is 19.4. The molecule has 752 valence electrons. The Morgan fingerprint density at radius 2 is 1.06 bits per heavy atom. The van der Waals surface area contributed by atoms with Gasteiger partial charge in [-0.05, 0) is 222 Å². The number of amides is 4. The van der Waals surface area contributed by atoms with Crippen molar-refractivity contribution in [3.8, 4) is 34.5 Å². The molecule has 0 bridgehead atoms. The summed E-state index contributed by atoms with van der Waals surface area (Å²) in [7, 11) is -5.67. The molecule has 7 heterocycles. The van der Waals surface area contributed by atoms with Gasteiger partial charge in [0.05, 0.1) is 40.5 Å². The Morgan fingerprint density at radius 3 is 1.54 bits per heavy atom. The maximum Gasteiger partial charge on any atom is 0.267 e. The standard InChI is InChI=1S/C16H25NO2.C12H16N2O2.C12H15NOS.C11H17NO3S.C11H17NO2S.C11H13NO2.C11H13NO.C11H19NO.C10H16N2O4/c1-11(2)8-12-6-7-13(16(3,4)5)14(9-12)17-15(19)10-18;1-7(2)3-8-4-9(11(13)15)6-10(5-8)12(14)16;1-8(2)6-12-13-10(7-15-12)11-5-4-9(3)14-11;1-8(2)6-9-7-10(16(12,13)14)4-5-11(9)15-3;1-8(2)6-10-5-4-9(3)11(7-10)15(12,13)14;1-8(2)6-9-7-10(12-14-9)11-4-3-5-13-11;1-8(2)7-11-12-9-5-3-4-6-10(9)13-11;1-8(2)6-9-7-10(12-13-9)11(3,4)5;1-6(2)5-7-8(9(11)14)10(12-16-7)15-4-3-13/h6-7,9,11,18H,8,10H2,1-5H3,(H,17,19);4-7H,3H2,1-2H3,(H2,13,15)(H2,14,16);4-5,7-8H,6H2,1-3H3;4-5,7-8H,6H2,1-3H3,(H2,12,13,14);4-5,7-8H,6H2,1-3H3,(H2,12,13,14);3-5,7-8H,6H2,1-2H3;3-6,8H,7H2,1-2H3;7-8H,6H2,1-5H3;6,13H,3-5H2,1-2H3,(H2,11,14). The van der Waals surface area contributed by atoms with E-state index in [1.165, 1.54) is 22.7 Å². The van der Waals surface area contributed by atoms with E-state index < -0.39 is 44.4 Å². The molecule has 0 spiro atoms. The summed E-state index contributed by atoms with van der Waals surface area (Å²) in [5, 5.41) is 45.4. The van der Waals surface area contributed by atoms with Crippen molar-refractivity contribution in [2.24, 2.45) is 80.7 Å². The molecule has 4 amide bonds. The van der Waals surface area contributed by atoms with Crippen LogP contribution in [0.2, 0.25) is 0 Å². The van der Waals surface area contributed by atoms with E-state index in [0.717, 1.165) is 142 Å². The SMILES string of the molecule is CC(C)Cc1cc(-c2ccco2)no1.CC(C)Cc1cc(C(C)(C)C)no1.CC(C)Cc1cc(C(N)=O)cc(C(N)=O)c1.CC(C)Cc1ccc(C(C)(C)C)c(NC(=O)CO)c1.CC(C)Cc1nc2ccccc2o1.CC(C)Cc1onc(OCCO)c1C(N)=O.COc1ccc(S(N)(=O)=O)cc1CC(C)C.Cc1ccc(-c2csc(CC(C)C)n2)o1.Cc1ccc(CC(C)C)cc1S(N)(=O)=O. The van der Waals surface area contributed by atoms with E-state index in [4.69, 9.17) is 74.0 Å². The maximum atomic E-state index is 11.4. The summed E-state index contributed by atoms with van der Waals surface area (Å²) in [6.45, 7) is 54.0. The average molecular weight is 1950 g/mol. The highest BCUT2D eigenvalue weighted by atomic mass is 32.2. The fraction of sp³-hybridized carbons (Fsp3) is 0.476. The lowest BCUT2D eigenvalue weighted by molar-refractivity contribution is -0.118. The van der Waals surface area contributed by atoms with Crippen molar-refractivity contribution >= 4 is 71.8 Å². The van der Waals surface area contributed by atoms with Gasteiger partial charge < -0.3 is 69.0 Å². The van der Waals surface area contributed by atoms with Crippen molar-refractivity contribution < 1.29 is 82.5 Å². The van der Waals surface area contributed by atoms with Crippen molar-refractivity contribution in [3.63, 3.8) is 0 Å². The summed E-state index contributed by atoms with van der Waals surface area (Å²) in [4.78, 5) is 54.1. The number of aliphatic hydroxyl groups is 2. The molecule has 0 radical (unpaired) electrons. The van der Waals surface area contributed by atoms with Crippen LogP contribution in [0.25, 0.3) is 34.0 Å². The van der Waals surface area contributed by atoms with E-state index in [2.05, 4.69) is 207 Å². The van der Waals surface area contributed by atoms with Crippen molar-refractivity contribution in [2.75, 3.05) is 32.2 Å². The predicted molar refractivity (Wildman–Crippen MR) is 544 cm³/mol. The van der Waals surface area contributed by atoms with Crippen LogP contribution in [0.3, 0.4) is 0 Å². The summed E-state index contributed by atoms with van der Waals surface area (Å²) in [5.41, 5.74) is 27.7. The lowest BCUT2D eigenvalue weighted by atomic mass is 9.84. The summed E-state index contributed by atoms with van der Waals surface area (Å²) >= 11 is 1.71. The number of carbonyl (C=O) groups excluding carboxylic acids is 4. The van der Waals surface area contributed by atoms with Crippen LogP contribution in [-0.4, -0.2) is 103 Å². The quantitative estimate of drug-likeness (QED) is 0.0200. The number of primary sulfonamides is 2. The highest BCUT2D eigenvalue weighted by Gasteiger charge is 2.26. The van der Waals surface area contributed by atoms with Crippen molar-refractivity contribution in [3.05, 3.63) is 235 Å². The molecule has 0 saturated heterocycles. The number of nitrogens with zero attached hydrogens (tertiary/aromatic N) is 5. The number of aliphatic hydroxyl groups excluding tert-OH is 2. The molecule has 0 unspecified atom stereocenters. The van der Waals surface area contributed by atoms with Gasteiger partial charge in [-0.2, -0.15) is 0 Å². The number of primary amides is 3. The van der Waals surface area contributed by atoms with Crippen molar-refractivity contribution in [1.29, 1.82) is 0 Å². The van der Waals surface area contributed by atoms with Crippen molar-refractivity contribution in [2.45, 2.75) is 258 Å². The molecule has 13 N–H and O–H groups in total. The Kier molecular flexibility index (Phi) is 48.6. The van der Waals surface area contributed by atoms with E-state index in [0.29, 0.717) is 87.9 Å². The molecule has 12 rings (SSSR count). The molecular weight excluding hydrogens is 1800 g/mol. The number of para-hydroxylation sites is 2. The number of furan rings is 2. The number of ether oxygens (including phenoxy) is 2. The van der Waals surface area contributed by atoms with Gasteiger partial charge in [0.15, 0.2) is 28.8 Å². The molecule has 137 heavy (non-hydrogen) atoms. The molecule has 0 atom stereocenters. The number of thiazole rings is 1. The number of carbonyl (C=O) groups is 4. The predicted octanol–water partition coefficient (Wildman–Crippen LogP) is 21.2. The van der Waals surface area contributed by atoms with E-state index >= 15 is 0 Å². The third kappa shape index (κ3) is 43.9. The van der Waals surface area contributed by atoms with Crippen LogP contribution in [-0.2, 0) is 93.5 Å². The first-order valence-electron chi connectivity index (χ1n) is 46.3. The zero-order valence-corrected chi connectivity index (χ0v) is 87.8. The minimum Gasteiger partial charge on any atom is -0.496 e. The number of rotatable bonds is 31. The largest absolute Gasteiger partial charge is 0.496 e. The molecule has 7 aromatic heterocycles. The second kappa shape index (κ2) is 56.5. The van der Waals surface area contributed by atoms with E-state index in [1.807, 2.05) is 87.5 Å². The molecule has 29 nitrogen and oxygen atoms in total. The van der Waals surface area contributed by atoms with Crippen LogP contribution in [0.5, 0.6) is 11.6 Å². The van der Waals surface area contributed by atoms with Gasteiger partial charge in [-0.1, -0.05) is 213 Å². The van der Waals surface area contributed by atoms with E-state index in [-0.39, 0.29) is 51.2 Å². The van der Waals surface area contributed by atoms with Crippen molar-refractivity contribution in [1.82, 2.24) is 25.4 Å². The number of nitrogens with two attached hydrogens (primary N) is 5. The lowest BCUT2D eigenvalue weighted by Gasteiger charge is -2.24. The normalized spacial score (nSPS) is 11.4. The average Bonchev–Trinajstić information content (AvgIpc) is 1.77. The fourth-order valence-corrected chi connectivity index (χ4v) is 15.8. The number of nitrogens with one attached hydrogen (secondary N) is 1. The molecule has 0 saturated carbocycles. The Morgan fingerprint density at radius 1 is 0.504 bits per heavy atom. The van der Waals surface area contributed by atoms with Gasteiger partial charge in [-0.3, -0.25) is 19.2 Å². The Hall–Kier alpha value is -11.4. The number of benzene rings is 5. The van der Waals surface area contributed by atoms with Crippen LogP contribution in [0.1, 0.15) is 270 Å². The number of oxazole rings is 1. The molecule has 0 aliphatic heterocycles. The van der Waals surface area contributed by atoms with Crippen LogP contribution in [0.15, 0.2) is 182 Å². The summed E-state index contributed by atoms with van der Waals surface area (Å²) in [5.74, 6) is 9.08. The highest BCUT2D eigenvalue weighted by Crippen LogP contribution is 2.34.